The number of aryl methyl sites for hydroxylation is 1. The summed E-state index contributed by atoms with van der Waals surface area (Å²) in [6.07, 6.45) is 3.08. The number of benzene rings is 3. The van der Waals surface area contributed by atoms with Crippen LogP contribution in [0.4, 0.5) is 11.4 Å². The molecule has 0 aromatic heterocycles. The van der Waals surface area contributed by atoms with Crippen molar-refractivity contribution in [2.24, 2.45) is 0 Å². The first-order valence-electron chi connectivity index (χ1n) is 9.71. The molecule has 1 amide bonds. The summed E-state index contributed by atoms with van der Waals surface area (Å²) in [6, 6.07) is 18.6. The fourth-order valence-corrected chi connectivity index (χ4v) is 4.22. The minimum atomic E-state index is -3.98. The van der Waals surface area contributed by atoms with Crippen molar-refractivity contribution in [3.63, 3.8) is 0 Å². The van der Waals surface area contributed by atoms with Gasteiger partial charge in [-0.2, -0.15) is 0 Å². The van der Waals surface area contributed by atoms with E-state index in [4.69, 9.17) is 9.47 Å². The van der Waals surface area contributed by atoms with Gasteiger partial charge in [0.25, 0.3) is 10.0 Å². The molecule has 0 aliphatic heterocycles. The highest BCUT2D eigenvalue weighted by atomic mass is 32.2. The quantitative estimate of drug-likeness (QED) is 0.492. The summed E-state index contributed by atoms with van der Waals surface area (Å²) < 4.78 is 38.7. The van der Waals surface area contributed by atoms with E-state index in [1.165, 1.54) is 32.4 Å². The molecule has 0 atom stereocenters. The van der Waals surface area contributed by atoms with Crippen molar-refractivity contribution in [3.8, 4) is 11.5 Å². The lowest BCUT2D eigenvalue weighted by Gasteiger charge is -2.13. The number of carbonyl (C=O) groups is 1. The Morgan fingerprint density at radius 3 is 2.28 bits per heavy atom. The maximum absolute atomic E-state index is 13.0. The van der Waals surface area contributed by atoms with Crippen LogP contribution in [-0.4, -0.2) is 28.5 Å². The highest BCUT2D eigenvalue weighted by Crippen LogP contribution is 2.29. The number of hydrogen-bond donors (Lipinski definition) is 2. The summed E-state index contributed by atoms with van der Waals surface area (Å²) in [4.78, 5) is 12.2. The fourth-order valence-electron chi connectivity index (χ4n) is 2.96. The molecule has 0 radical (unpaired) electrons. The van der Waals surface area contributed by atoms with Crippen molar-refractivity contribution in [2.45, 2.75) is 11.8 Å². The van der Waals surface area contributed by atoms with Crippen molar-refractivity contribution in [2.75, 3.05) is 24.3 Å². The third-order valence-corrected chi connectivity index (χ3v) is 5.93. The van der Waals surface area contributed by atoms with Crippen molar-refractivity contribution in [3.05, 3.63) is 83.9 Å². The number of hydrogen-bond acceptors (Lipinski definition) is 5. The van der Waals surface area contributed by atoms with Gasteiger partial charge in [-0.1, -0.05) is 29.8 Å². The second-order valence-corrected chi connectivity index (χ2v) is 8.59. The topological polar surface area (TPSA) is 93.7 Å². The number of nitrogens with one attached hydrogen (secondary N) is 2. The molecule has 0 saturated carbocycles. The first-order chi connectivity index (χ1) is 15.3. The molecule has 2 N–H and O–H groups in total. The van der Waals surface area contributed by atoms with Crippen LogP contribution in [0.2, 0.25) is 0 Å². The molecule has 7 nitrogen and oxygen atoms in total. The van der Waals surface area contributed by atoms with Gasteiger partial charge in [0, 0.05) is 17.5 Å². The predicted octanol–water partition coefficient (Wildman–Crippen LogP) is 4.46. The normalized spacial score (nSPS) is 11.2. The Morgan fingerprint density at radius 1 is 0.906 bits per heavy atom. The molecule has 0 aliphatic carbocycles. The summed E-state index contributed by atoms with van der Waals surface area (Å²) in [5.74, 6) is 0.372. The summed E-state index contributed by atoms with van der Waals surface area (Å²) in [5, 5.41) is 2.68. The van der Waals surface area contributed by atoms with Crippen LogP contribution < -0.4 is 19.5 Å². The molecule has 32 heavy (non-hydrogen) atoms. The second-order valence-electron chi connectivity index (χ2n) is 6.94. The average Bonchev–Trinajstić information content (AvgIpc) is 2.78. The maximum Gasteiger partial charge on any atom is 0.265 e. The van der Waals surface area contributed by atoms with Gasteiger partial charge in [0.15, 0.2) is 0 Å². The van der Waals surface area contributed by atoms with Crippen molar-refractivity contribution >= 4 is 33.4 Å². The molecule has 0 heterocycles. The van der Waals surface area contributed by atoms with Gasteiger partial charge in [0.05, 0.1) is 14.2 Å². The van der Waals surface area contributed by atoms with Gasteiger partial charge >= 0.3 is 0 Å². The molecule has 0 spiro atoms. The maximum atomic E-state index is 13.0. The van der Waals surface area contributed by atoms with Crippen molar-refractivity contribution in [1.82, 2.24) is 0 Å². The molecule has 166 valence electrons. The third-order valence-electron chi connectivity index (χ3n) is 4.53. The molecule has 0 aliphatic rings. The van der Waals surface area contributed by atoms with Crippen LogP contribution in [0.5, 0.6) is 11.5 Å². The van der Waals surface area contributed by atoms with E-state index in [0.29, 0.717) is 17.1 Å². The number of anilines is 2. The Bertz CT molecular complexity index is 1240. The number of ether oxygens (including phenoxy) is 2. The van der Waals surface area contributed by atoms with Gasteiger partial charge in [-0.05, 0) is 61.0 Å². The van der Waals surface area contributed by atoms with E-state index in [1.54, 1.807) is 36.4 Å². The SMILES string of the molecule is COc1ccc(NS(=O)(=O)c2cc(NC(=O)/C=C/c3cccc(C)c3)ccc2OC)cc1. The Kier molecular flexibility index (Phi) is 7.17. The molecule has 3 rings (SSSR count). The van der Waals surface area contributed by atoms with E-state index in [-0.39, 0.29) is 16.6 Å². The highest BCUT2D eigenvalue weighted by Gasteiger charge is 2.21. The molecular formula is C24H24N2O5S. The van der Waals surface area contributed by atoms with Crippen LogP contribution >= 0.6 is 0 Å². The van der Waals surface area contributed by atoms with E-state index in [1.807, 2.05) is 31.2 Å². The summed E-state index contributed by atoms with van der Waals surface area (Å²) in [7, 11) is -1.07. The largest absolute Gasteiger partial charge is 0.497 e. The molecule has 0 unspecified atom stereocenters. The number of sulfonamides is 1. The van der Waals surface area contributed by atoms with Gasteiger partial charge in [-0.25, -0.2) is 8.42 Å². The lowest BCUT2D eigenvalue weighted by Crippen LogP contribution is -2.15. The standard InChI is InChI=1S/C24H24N2O5S/c1-17-5-4-6-18(15-17)7-14-24(27)25-20-10-13-22(31-3)23(16-20)32(28,29)26-19-8-11-21(30-2)12-9-19/h4-16,26H,1-3H3,(H,25,27)/b14-7+. The Balaban J connectivity index is 1.80. The first kappa shape index (κ1) is 22.9. The Morgan fingerprint density at radius 2 is 1.62 bits per heavy atom. The van der Waals surface area contributed by atoms with Gasteiger partial charge < -0.3 is 14.8 Å². The van der Waals surface area contributed by atoms with E-state index in [9.17, 15) is 13.2 Å². The van der Waals surface area contributed by atoms with Crippen LogP contribution in [0.25, 0.3) is 6.08 Å². The number of methoxy groups -OCH3 is 2. The van der Waals surface area contributed by atoms with E-state index in [2.05, 4.69) is 10.0 Å². The molecule has 0 bridgehead atoms. The molecule has 0 fully saturated rings. The highest BCUT2D eigenvalue weighted by molar-refractivity contribution is 7.92. The summed E-state index contributed by atoms with van der Waals surface area (Å²) >= 11 is 0. The monoisotopic (exact) mass is 452 g/mol. The van der Waals surface area contributed by atoms with Crippen molar-refractivity contribution < 1.29 is 22.7 Å². The van der Waals surface area contributed by atoms with Gasteiger partial charge in [-0.3, -0.25) is 9.52 Å². The molecule has 0 saturated heterocycles. The summed E-state index contributed by atoms with van der Waals surface area (Å²) in [5.41, 5.74) is 2.66. The fraction of sp³-hybridized carbons (Fsp3) is 0.125. The number of carbonyl (C=O) groups excluding carboxylic acids is 1. The third kappa shape index (κ3) is 5.89. The summed E-state index contributed by atoms with van der Waals surface area (Å²) in [6.45, 7) is 1.97. The zero-order valence-electron chi connectivity index (χ0n) is 18.0. The Hall–Kier alpha value is -3.78. The van der Waals surface area contributed by atoms with Gasteiger partial charge in [0.1, 0.15) is 16.4 Å². The van der Waals surface area contributed by atoms with Crippen LogP contribution in [0.1, 0.15) is 11.1 Å². The van der Waals surface area contributed by atoms with E-state index < -0.39 is 10.0 Å². The van der Waals surface area contributed by atoms with Crippen LogP contribution in [0.15, 0.2) is 77.7 Å². The van der Waals surface area contributed by atoms with E-state index in [0.717, 1.165) is 11.1 Å². The number of rotatable bonds is 8. The zero-order valence-corrected chi connectivity index (χ0v) is 18.8. The molecular weight excluding hydrogens is 428 g/mol. The van der Waals surface area contributed by atoms with Gasteiger partial charge in [-0.15, -0.1) is 0 Å². The minimum Gasteiger partial charge on any atom is -0.497 e. The Labute approximate surface area is 187 Å². The van der Waals surface area contributed by atoms with Crippen LogP contribution in [0, 0.1) is 6.92 Å². The molecule has 8 heteroatoms. The molecule has 3 aromatic carbocycles. The van der Waals surface area contributed by atoms with E-state index >= 15 is 0 Å². The predicted molar refractivity (Wildman–Crippen MR) is 126 cm³/mol. The minimum absolute atomic E-state index is 0.101. The zero-order chi connectivity index (χ0) is 23.1. The lowest BCUT2D eigenvalue weighted by molar-refractivity contribution is -0.111. The van der Waals surface area contributed by atoms with Crippen LogP contribution in [-0.2, 0) is 14.8 Å². The second kappa shape index (κ2) is 10.0. The van der Waals surface area contributed by atoms with Gasteiger partial charge in [0.2, 0.25) is 5.91 Å². The molecule has 3 aromatic rings. The van der Waals surface area contributed by atoms with Crippen LogP contribution in [0.3, 0.4) is 0 Å². The smallest absolute Gasteiger partial charge is 0.265 e. The van der Waals surface area contributed by atoms with Crippen molar-refractivity contribution in [1.29, 1.82) is 0 Å². The average molecular weight is 453 g/mol. The number of amides is 1. The lowest BCUT2D eigenvalue weighted by atomic mass is 10.1. The first-order valence-corrected chi connectivity index (χ1v) is 11.2.